The van der Waals surface area contributed by atoms with Crippen molar-refractivity contribution in [3.8, 4) is 28.2 Å². The predicted octanol–water partition coefficient (Wildman–Crippen LogP) is 5.49. The van der Waals surface area contributed by atoms with Crippen LogP contribution in [0.1, 0.15) is 16.3 Å². The molecule has 5 aromatic rings. The Kier molecular flexibility index (Phi) is 8.57. The fraction of sp³-hybridized carbons (Fsp3) is 0.0370. The topological polar surface area (TPSA) is 80.9 Å². The molecule has 7 heteroatoms. The van der Waals surface area contributed by atoms with Gasteiger partial charge in [0.15, 0.2) is 0 Å². The third-order valence-corrected chi connectivity index (χ3v) is 4.87. The van der Waals surface area contributed by atoms with Crippen molar-refractivity contribution >= 4 is 5.97 Å². The Morgan fingerprint density at radius 2 is 1.53 bits per heavy atom. The van der Waals surface area contributed by atoms with Gasteiger partial charge in [-0.15, -0.1) is 40.5 Å². The van der Waals surface area contributed by atoms with E-state index in [4.69, 9.17) is 5.11 Å². The van der Waals surface area contributed by atoms with Gasteiger partial charge in [0.05, 0.1) is 5.82 Å². The molecule has 1 N–H and O–H groups in total. The first kappa shape index (κ1) is 24.7. The number of hydrogen-bond acceptors (Lipinski definition) is 4. The van der Waals surface area contributed by atoms with Crippen molar-refractivity contribution in [2.45, 2.75) is 6.92 Å². The zero-order valence-corrected chi connectivity index (χ0v) is 20.7. The van der Waals surface area contributed by atoms with Gasteiger partial charge in [-0.05, 0) is 36.8 Å². The molecule has 34 heavy (non-hydrogen) atoms. The minimum atomic E-state index is -0.990. The van der Waals surface area contributed by atoms with Crippen molar-refractivity contribution < 1.29 is 30.0 Å². The van der Waals surface area contributed by atoms with Crippen LogP contribution in [0.4, 0.5) is 0 Å². The molecule has 5 rings (SSSR count). The molecule has 0 aliphatic heterocycles. The molecule has 0 amide bonds. The summed E-state index contributed by atoms with van der Waals surface area (Å²) in [7, 11) is 0. The van der Waals surface area contributed by atoms with E-state index < -0.39 is 5.97 Å². The second-order valence-corrected chi connectivity index (χ2v) is 7.12. The number of nitrogens with zero attached hydrogens (tertiary/aromatic N) is 4. The predicted molar refractivity (Wildman–Crippen MR) is 127 cm³/mol. The standard InChI is InChI=1S/C21H16N3.C6H5NO2.Ir/c1-16-22-23-21(24(16)20-13-6-3-7-14-20)19-12-8-11-18(15-19)17-9-4-2-5-10-17;8-6(9)5-3-1-2-4-7-5;/h2-11,13-15H,1H3;1-4H,(H,8,9);/q-1;;. The van der Waals surface area contributed by atoms with E-state index in [0.717, 1.165) is 28.5 Å². The molecule has 3 aromatic carbocycles. The van der Waals surface area contributed by atoms with Crippen molar-refractivity contribution in [1.29, 1.82) is 0 Å². The van der Waals surface area contributed by atoms with E-state index in [-0.39, 0.29) is 25.8 Å². The number of aromatic nitrogens is 4. The van der Waals surface area contributed by atoms with Crippen molar-refractivity contribution in [3.63, 3.8) is 0 Å². The van der Waals surface area contributed by atoms with Crippen LogP contribution in [0.3, 0.4) is 0 Å². The minimum Gasteiger partial charge on any atom is -0.477 e. The van der Waals surface area contributed by atoms with Crippen LogP contribution in [-0.4, -0.2) is 30.8 Å². The molecule has 1 radical (unpaired) electrons. The van der Waals surface area contributed by atoms with Gasteiger partial charge < -0.3 is 9.67 Å². The Labute approximate surface area is 211 Å². The first-order valence-corrected chi connectivity index (χ1v) is 10.3. The number of para-hydroxylation sites is 1. The van der Waals surface area contributed by atoms with Gasteiger partial charge >= 0.3 is 5.97 Å². The molecule has 0 unspecified atom stereocenters. The molecule has 171 valence electrons. The van der Waals surface area contributed by atoms with Crippen LogP contribution in [0.2, 0.25) is 0 Å². The second kappa shape index (κ2) is 11.8. The molecule has 0 fully saturated rings. The normalized spacial score (nSPS) is 9.91. The molecule has 0 aliphatic carbocycles. The van der Waals surface area contributed by atoms with Gasteiger partial charge in [0.2, 0.25) is 0 Å². The minimum absolute atomic E-state index is 0. The summed E-state index contributed by atoms with van der Waals surface area (Å²) in [6, 6.07) is 34.6. The molecule has 0 saturated carbocycles. The molecular formula is C27H21IrN4O2-. The van der Waals surface area contributed by atoms with Crippen LogP contribution in [-0.2, 0) is 20.1 Å². The van der Waals surface area contributed by atoms with Crippen molar-refractivity contribution in [3.05, 3.63) is 121 Å². The van der Waals surface area contributed by atoms with Gasteiger partial charge in [0, 0.05) is 32.0 Å². The Morgan fingerprint density at radius 3 is 2.15 bits per heavy atom. The SMILES string of the molecule is Cc1nnc(-c2[c-]ccc(-c3ccccc3)c2)n1-c1ccccc1.O=C(O)c1ccccn1.[Ir]. The fourth-order valence-corrected chi connectivity index (χ4v) is 3.32. The molecule has 2 heterocycles. The Bertz CT molecular complexity index is 1340. The summed E-state index contributed by atoms with van der Waals surface area (Å²) >= 11 is 0. The average molecular weight is 626 g/mol. The molecule has 0 saturated heterocycles. The Balaban J connectivity index is 0.000000275. The van der Waals surface area contributed by atoms with Crippen LogP contribution in [0.5, 0.6) is 0 Å². The van der Waals surface area contributed by atoms with Gasteiger partial charge in [-0.2, -0.15) is 5.10 Å². The quantitative estimate of drug-likeness (QED) is 0.268. The van der Waals surface area contributed by atoms with Crippen molar-refractivity contribution in [2.24, 2.45) is 0 Å². The van der Waals surface area contributed by atoms with Crippen LogP contribution in [0, 0.1) is 13.0 Å². The zero-order chi connectivity index (χ0) is 23.0. The van der Waals surface area contributed by atoms with Gasteiger partial charge in [-0.3, -0.25) is 0 Å². The number of carboxylic acid groups (broad SMARTS) is 1. The van der Waals surface area contributed by atoms with Gasteiger partial charge in [0.1, 0.15) is 11.5 Å². The summed E-state index contributed by atoms with van der Waals surface area (Å²) in [6.45, 7) is 1.96. The monoisotopic (exact) mass is 626 g/mol. The summed E-state index contributed by atoms with van der Waals surface area (Å²) in [5.41, 5.74) is 4.38. The van der Waals surface area contributed by atoms with E-state index in [1.165, 1.54) is 17.8 Å². The largest absolute Gasteiger partial charge is 0.477 e. The number of rotatable bonds is 4. The molecule has 0 atom stereocenters. The maximum absolute atomic E-state index is 10.1. The molecule has 0 bridgehead atoms. The number of hydrogen-bond donors (Lipinski definition) is 1. The molecule has 0 spiro atoms. The number of aryl methyl sites for hydroxylation is 1. The van der Waals surface area contributed by atoms with E-state index in [1.54, 1.807) is 12.1 Å². The average Bonchev–Trinajstić information content (AvgIpc) is 3.27. The van der Waals surface area contributed by atoms with E-state index >= 15 is 0 Å². The Hall–Kier alpha value is -3.93. The smallest absolute Gasteiger partial charge is 0.354 e. The number of pyridine rings is 1. The van der Waals surface area contributed by atoms with Gasteiger partial charge in [0.25, 0.3) is 0 Å². The number of benzene rings is 3. The number of carboxylic acids is 1. The van der Waals surface area contributed by atoms with Gasteiger partial charge in [-0.1, -0.05) is 54.6 Å². The number of aromatic carboxylic acids is 1. The van der Waals surface area contributed by atoms with E-state index in [1.807, 2.05) is 49.4 Å². The van der Waals surface area contributed by atoms with Crippen molar-refractivity contribution in [2.75, 3.05) is 0 Å². The third-order valence-electron chi connectivity index (χ3n) is 4.87. The third kappa shape index (κ3) is 5.89. The van der Waals surface area contributed by atoms with Crippen LogP contribution >= 0.6 is 0 Å². The fourth-order valence-electron chi connectivity index (χ4n) is 3.32. The van der Waals surface area contributed by atoms with Crippen molar-refractivity contribution in [1.82, 2.24) is 19.7 Å². The summed E-state index contributed by atoms with van der Waals surface area (Å²) in [5, 5.41) is 17.0. The maximum atomic E-state index is 10.1. The summed E-state index contributed by atoms with van der Waals surface area (Å²) in [4.78, 5) is 13.7. The van der Waals surface area contributed by atoms with Crippen LogP contribution in [0.15, 0.2) is 103 Å². The molecule has 6 nitrogen and oxygen atoms in total. The Morgan fingerprint density at radius 1 is 0.853 bits per heavy atom. The molecule has 2 aromatic heterocycles. The van der Waals surface area contributed by atoms with E-state index in [2.05, 4.69) is 62.2 Å². The summed E-state index contributed by atoms with van der Waals surface area (Å²) < 4.78 is 2.06. The van der Waals surface area contributed by atoms with E-state index in [9.17, 15) is 4.79 Å². The van der Waals surface area contributed by atoms with Gasteiger partial charge in [-0.25, -0.2) is 9.78 Å². The van der Waals surface area contributed by atoms with Crippen LogP contribution < -0.4 is 0 Å². The first-order chi connectivity index (χ1) is 16.1. The molecule has 0 aliphatic rings. The second-order valence-electron chi connectivity index (χ2n) is 7.12. The maximum Gasteiger partial charge on any atom is 0.354 e. The molecular weight excluding hydrogens is 605 g/mol. The zero-order valence-electron chi connectivity index (χ0n) is 18.3. The number of carbonyl (C=O) groups is 1. The first-order valence-electron chi connectivity index (χ1n) is 10.3. The summed E-state index contributed by atoms with van der Waals surface area (Å²) in [5.74, 6) is 0.668. The van der Waals surface area contributed by atoms with Crippen LogP contribution in [0.25, 0.3) is 28.2 Å². The van der Waals surface area contributed by atoms with E-state index in [0.29, 0.717) is 0 Å². The summed E-state index contributed by atoms with van der Waals surface area (Å²) in [6.07, 6.45) is 1.45.